The van der Waals surface area contributed by atoms with Gasteiger partial charge in [-0.2, -0.15) is 0 Å². The van der Waals surface area contributed by atoms with Gasteiger partial charge in [-0.25, -0.2) is 0 Å². The van der Waals surface area contributed by atoms with Crippen molar-refractivity contribution in [2.45, 2.75) is 0 Å². The average Bonchev–Trinajstić information content (AvgIpc) is 3.48. The lowest BCUT2D eigenvalue weighted by atomic mass is 10.2. The van der Waals surface area contributed by atoms with Crippen molar-refractivity contribution in [1.82, 2.24) is 14.8 Å². The zero-order valence-electron chi connectivity index (χ0n) is 16.8. The first kappa shape index (κ1) is 18.7. The minimum atomic E-state index is 0.405. The SMILES string of the molecule is ClOc1cccc(-c2nnc(-c3ccc(-n4c5ccccc5c5ccccc54)cc3)o2)c1. The molecule has 0 spiro atoms. The van der Waals surface area contributed by atoms with Gasteiger partial charge in [0.25, 0.3) is 0 Å². The van der Waals surface area contributed by atoms with E-state index in [1.807, 2.05) is 24.3 Å². The Labute approximate surface area is 188 Å². The number of fused-ring (bicyclic) bond motifs is 3. The zero-order valence-corrected chi connectivity index (χ0v) is 17.5. The molecule has 32 heavy (non-hydrogen) atoms. The molecule has 154 valence electrons. The number of hydrogen-bond donors (Lipinski definition) is 0. The van der Waals surface area contributed by atoms with Crippen molar-refractivity contribution < 1.29 is 8.71 Å². The molecule has 2 heterocycles. The van der Waals surface area contributed by atoms with Gasteiger partial charge in [0.05, 0.1) is 11.0 Å². The van der Waals surface area contributed by atoms with Gasteiger partial charge in [0, 0.05) is 27.6 Å². The van der Waals surface area contributed by atoms with E-state index in [0.717, 1.165) is 16.8 Å². The highest BCUT2D eigenvalue weighted by molar-refractivity contribution is 6.09. The monoisotopic (exact) mass is 437 g/mol. The molecule has 0 saturated carbocycles. The lowest BCUT2D eigenvalue weighted by molar-refractivity contribution is 0.582. The van der Waals surface area contributed by atoms with Crippen LogP contribution in [-0.2, 0) is 0 Å². The lowest BCUT2D eigenvalue weighted by Crippen LogP contribution is -1.93. The Balaban J connectivity index is 1.40. The molecule has 2 aromatic heterocycles. The van der Waals surface area contributed by atoms with E-state index in [4.69, 9.17) is 20.6 Å². The molecule has 0 N–H and O–H groups in total. The minimum Gasteiger partial charge on any atom is -0.416 e. The summed E-state index contributed by atoms with van der Waals surface area (Å²) in [6.07, 6.45) is 0. The Bertz CT molecular complexity index is 1510. The number of rotatable bonds is 4. The second-order valence-corrected chi connectivity index (χ2v) is 7.59. The third-order valence-electron chi connectivity index (χ3n) is 5.55. The van der Waals surface area contributed by atoms with E-state index >= 15 is 0 Å². The van der Waals surface area contributed by atoms with Crippen LogP contribution >= 0.6 is 11.9 Å². The average molecular weight is 438 g/mol. The highest BCUT2D eigenvalue weighted by Gasteiger charge is 2.14. The van der Waals surface area contributed by atoms with Gasteiger partial charge >= 0.3 is 0 Å². The topological polar surface area (TPSA) is 53.1 Å². The van der Waals surface area contributed by atoms with Crippen LogP contribution in [-0.4, -0.2) is 14.8 Å². The van der Waals surface area contributed by atoms with Crippen molar-refractivity contribution in [1.29, 1.82) is 0 Å². The molecule has 4 aromatic carbocycles. The van der Waals surface area contributed by atoms with Crippen LogP contribution < -0.4 is 4.29 Å². The van der Waals surface area contributed by atoms with Gasteiger partial charge in [0.1, 0.15) is 17.6 Å². The van der Waals surface area contributed by atoms with Crippen LogP contribution in [0.2, 0.25) is 0 Å². The van der Waals surface area contributed by atoms with Crippen LogP contribution in [0.25, 0.3) is 50.4 Å². The van der Waals surface area contributed by atoms with Gasteiger partial charge in [0.2, 0.25) is 11.8 Å². The van der Waals surface area contributed by atoms with Gasteiger partial charge in [-0.3, -0.25) is 0 Å². The van der Waals surface area contributed by atoms with E-state index < -0.39 is 0 Å². The first-order valence-corrected chi connectivity index (χ1v) is 10.4. The van der Waals surface area contributed by atoms with E-state index in [9.17, 15) is 0 Å². The van der Waals surface area contributed by atoms with Gasteiger partial charge in [-0.05, 0) is 54.6 Å². The van der Waals surface area contributed by atoms with Crippen LogP contribution in [0.3, 0.4) is 0 Å². The lowest BCUT2D eigenvalue weighted by Gasteiger charge is -2.08. The van der Waals surface area contributed by atoms with E-state index in [2.05, 4.69) is 75.4 Å². The minimum absolute atomic E-state index is 0.405. The van der Waals surface area contributed by atoms with Crippen molar-refractivity contribution in [3.63, 3.8) is 0 Å². The Morgan fingerprint density at radius 3 is 1.94 bits per heavy atom. The second-order valence-electron chi connectivity index (χ2n) is 7.43. The molecule has 0 aliphatic rings. The van der Waals surface area contributed by atoms with Crippen molar-refractivity contribution >= 4 is 33.7 Å². The molecule has 0 radical (unpaired) electrons. The summed E-state index contributed by atoms with van der Waals surface area (Å²) >= 11 is 5.45. The number of para-hydroxylation sites is 2. The quantitative estimate of drug-likeness (QED) is 0.297. The van der Waals surface area contributed by atoms with Crippen LogP contribution in [0, 0.1) is 0 Å². The number of aromatic nitrogens is 3. The van der Waals surface area contributed by atoms with Crippen molar-refractivity contribution in [2.75, 3.05) is 0 Å². The van der Waals surface area contributed by atoms with Gasteiger partial charge in [-0.15, -0.1) is 10.2 Å². The summed E-state index contributed by atoms with van der Waals surface area (Å²) in [4.78, 5) is 0. The highest BCUT2D eigenvalue weighted by Crippen LogP contribution is 2.33. The van der Waals surface area contributed by atoms with E-state index in [-0.39, 0.29) is 0 Å². The Kier molecular flexibility index (Phi) is 4.40. The molecule has 0 saturated heterocycles. The summed E-state index contributed by atoms with van der Waals surface area (Å²) in [5.41, 5.74) is 4.99. The highest BCUT2D eigenvalue weighted by atomic mass is 35.5. The Morgan fingerprint density at radius 1 is 0.656 bits per heavy atom. The third-order valence-corrected chi connectivity index (χ3v) is 5.73. The molecule has 0 unspecified atom stereocenters. The van der Waals surface area contributed by atoms with Crippen molar-refractivity contribution in [2.24, 2.45) is 0 Å². The molecule has 0 amide bonds. The fourth-order valence-electron chi connectivity index (χ4n) is 4.09. The first-order chi connectivity index (χ1) is 15.8. The van der Waals surface area contributed by atoms with E-state index in [1.165, 1.54) is 21.8 Å². The normalized spacial score (nSPS) is 11.3. The first-order valence-electron chi connectivity index (χ1n) is 10.1. The molecular weight excluding hydrogens is 422 g/mol. The fourth-order valence-corrected chi connectivity index (χ4v) is 4.18. The standard InChI is InChI=1S/C26H16ClN3O2/c27-32-20-7-5-6-18(16-20)26-29-28-25(31-26)17-12-14-19(15-13-17)30-23-10-3-1-8-21(23)22-9-2-4-11-24(22)30/h1-16H. The van der Waals surface area contributed by atoms with Crippen molar-refractivity contribution in [3.05, 3.63) is 97.1 Å². The molecular formula is C26H16ClN3O2. The number of nitrogens with zero attached hydrogens (tertiary/aromatic N) is 3. The molecule has 6 aromatic rings. The zero-order chi connectivity index (χ0) is 21.5. The largest absolute Gasteiger partial charge is 0.416 e. The molecule has 0 aliphatic heterocycles. The Morgan fingerprint density at radius 2 is 1.28 bits per heavy atom. The fraction of sp³-hybridized carbons (Fsp3) is 0. The predicted molar refractivity (Wildman–Crippen MR) is 126 cm³/mol. The van der Waals surface area contributed by atoms with Gasteiger partial charge in [-0.1, -0.05) is 42.5 Å². The van der Waals surface area contributed by atoms with Gasteiger partial charge in [0.15, 0.2) is 0 Å². The third kappa shape index (κ3) is 3.02. The number of hydrogen-bond acceptors (Lipinski definition) is 4. The maximum absolute atomic E-state index is 5.90. The molecule has 6 rings (SSSR count). The summed E-state index contributed by atoms with van der Waals surface area (Å²) in [6, 6.07) is 32.2. The maximum atomic E-state index is 5.90. The molecule has 0 bridgehead atoms. The molecule has 0 aliphatic carbocycles. The molecule has 6 heteroatoms. The maximum Gasteiger partial charge on any atom is 0.248 e. The summed E-state index contributed by atoms with van der Waals surface area (Å²) < 4.78 is 12.9. The summed E-state index contributed by atoms with van der Waals surface area (Å²) in [5, 5.41) is 10.9. The predicted octanol–water partition coefficient (Wildman–Crippen LogP) is 7.03. The summed E-state index contributed by atoms with van der Waals surface area (Å²) in [6.45, 7) is 0. The van der Waals surface area contributed by atoms with Crippen molar-refractivity contribution in [3.8, 4) is 34.3 Å². The van der Waals surface area contributed by atoms with Crippen LogP contribution in [0.1, 0.15) is 0 Å². The molecule has 5 nitrogen and oxygen atoms in total. The molecule has 0 fully saturated rings. The second kappa shape index (κ2) is 7.55. The van der Waals surface area contributed by atoms with Gasteiger partial charge < -0.3 is 13.3 Å². The van der Waals surface area contributed by atoms with E-state index in [0.29, 0.717) is 17.5 Å². The molecule has 0 atom stereocenters. The number of halogens is 1. The summed E-state index contributed by atoms with van der Waals surface area (Å²) in [7, 11) is 0. The van der Waals surface area contributed by atoms with Crippen LogP contribution in [0.5, 0.6) is 5.75 Å². The smallest absolute Gasteiger partial charge is 0.248 e. The van der Waals surface area contributed by atoms with Crippen LogP contribution in [0.4, 0.5) is 0 Å². The summed E-state index contributed by atoms with van der Waals surface area (Å²) in [5.74, 6) is 1.37. The Hall–Kier alpha value is -4.09. The van der Waals surface area contributed by atoms with E-state index in [1.54, 1.807) is 12.1 Å². The number of benzene rings is 4. The van der Waals surface area contributed by atoms with Crippen LogP contribution in [0.15, 0.2) is 101 Å².